The Morgan fingerprint density at radius 1 is 1.32 bits per heavy atom. The first-order chi connectivity index (χ1) is 14.4. The van der Waals surface area contributed by atoms with Crippen LogP contribution in [0.3, 0.4) is 0 Å². The number of nitrogens with one attached hydrogen (secondary N) is 3. The molecule has 1 aromatic rings. The Morgan fingerprint density at radius 2 is 2.00 bits per heavy atom. The van der Waals surface area contributed by atoms with Crippen molar-refractivity contribution in [2.24, 2.45) is 22.2 Å². The lowest BCUT2D eigenvalue weighted by Gasteiger charge is -2.50. The fraction of sp³-hybridized carbons (Fsp3) is 0.455. The highest BCUT2D eigenvalue weighted by molar-refractivity contribution is 6.08. The van der Waals surface area contributed by atoms with Crippen LogP contribution in [0.2, 0.25) is 0 Å². The molecule has 0 aliphatic carbocycles. The molecular formula is C22H35N7O2. The van der Waals surface area contributed by atoms with Crippen LogP contribution >= 0.6 is 0 Å². The van der Waals surface area contributed by atoms with E-state index in [1.54, 1.807) is 19.2 Å². The number of piperidine rings is 1. The van der Waals surface area contributed by atoms with E-state index in [-0.39, 0.29) is 40.6 Å². The number of nitrogens with zero attached hydrogens (tertiary/aromatic N) is 1. The van der Waals surface area contributed by atoms with E-state index >= 15 is 0 Å². The molecule has 170 valence electrons. The number of phenols is 1. The first kappa shape index (κ1) is 24.2. The summed E-state index contributed by atoms with van der Waals surface area (Å²) in [5, 5.41) is 24.2. The van der Waals surface area contributed by atoms with Crippen molar-refractivity contribution in [1.82, 2.24) is 10.6 Å². The van der Waals surface area contributed by atoms with Crippen molar-refractivity contribution in [2.45, 2.75) is 57.3 Å². The lowest BCUT2D eigenvalue weighted by molar-refractivity contribution is -0.0318. The van der Waals surface area contributed by atoms with Gasteiger partial charge in [0.2, 0.25) is 0 Å². The molecule has 10 N–H and O–H groups in total. The number of rotatable bonds is 6. The SMILES string of the molecule is COC1C(N=C(N)N/C=C(\N)c2ccc(/C(C=N)=C/N)cc2O)CC(C)(C)NC1(C)C. The molecule has 2 unspecified atom stereocenters. The molecule has 2 atom stereocenters. The van der Waals surface area contributed by atoms with Crippen LogP contribution in [-0.4, -0.2) is 47.6 Å². The van der Waals surface area contributed by atoms with Gasteiger partial charge in [-0.05, 0) is 51.8 Å². The minimum Gasteiger partial charge on any atom is -0.507 e. The number of benzene rings is 1. The summed E-state index contributed by atoms with van der Waals surface area (Å²) < 4.78 is 5.72. The number of methoxy groups -OCH3 is 1. The van der Waals surface area contributed by atoms with Crippen molar-refractivity contribution >= 4 is 23.4 Å². The summed E-state index contributed by atoms with van der Waals surface area (Å²) in [5.74, 6) is 0.169. The van der Waals surface area contributed by atoms with Crippen molar-refractivity contribution in [1.29, 1.82) is 5.41 Å². The largest absolute Gasteiger partial charge is 0.507 e. The lowest BCUT2D eigenvalue weighted by Crippen LogP contribution is -2.67. The van der Waals surface area contributed by atoms with Gasteiger partial charge in [0.15, 0.2) is 5.96 Å². The zero-order valence-electron chi connectivity index (χ0n) is 18.9. The standard InChI is InChI=1S/C22H35N7O2/c1-21(2)9-17(19(31-5)22(3,4)29-21)28-20(26)27-12-16(25)15-7-6-13(8-18(15)30)14(10-23)11-24/h6-8,10-12,17,19,23,29-30H,9,24-25H2,1-5H3,(H3,26,27,28)/b14-11+,16-12-,23-10?. The Kier molecular flexibility index (Phi) is 7.35. The molecule has 1 heterocycles. The summed E-state index contributed by atoms with van der Waals surface area (Å²) in [5.41, 5.74) is 19.1. The molecule has 2 rings (SSSR count). The smallest absolute Gasteiger partial charge is 0.193 e. The summed E-state index contributed by atoms with van der Waals surface area (Å²) in [7, 11) is 1.67. The molecule has 1 fully saturated rings. The summed E-state index contributed by atoms with van der Waals surface area (Å²) >= 11 is 0. The zero-order chi connectivity index (χ0) is 23.4. The van der Waals surface area contributed by atoms with E-state index in [1.165, 1.54) is 18.5 Å². The minimum absolute atomic E-state index is 0.0361. The maximum absolute atomic E-state index is 10.3. The van der Waals surface area contributed by atoms with Crippen LogP contribution in [0.15, 0.2) is 35.6 Å². The van der Waals surface area contributed by atoms with Crippen LogP contribution in [0.25, 0.3) is 11.3 Å². The topological polar surface area (TPSA) is 168 Å². The van der Waals surface area contributed by atoms with Crippen LogP contribution in [0, 0.1) is 5.41 Å². The zero-order valence-corrected chi connectivity index (χ0v) is 18.9. The van der Waals surface area contributed by atoms with E-state index in [9.17, 15) is 5.11 Å². The highest BCUT2D eigenvalue weighted by Crippen LogP contribution is 2.32. The predicted molar refractivity (Wildman–Crippen MR) is 126 cm³/mol. The Bertz CT molecular complexity index is 903. The van der Waals surface area contributed by atoms with Crippen LogP contribution in [0.4, 0.5) is 0 Å². The molecule has 1 aromatic carbocycles. The van der Waals surface area contributed by atoms with Gasteiger partial charge in [0.05, 0.1) is 17.8 Å². The molecular weight excluding hydrogens is 394 g/mol. The molecule has 1 aliphatic heterocycles. The average molecular weight is 430 g/mol. The number of ether oxygens (including phenoxy) is 1. The van der Waals surface area contributed by atoms with Gasteiger partial charge in [-0.2, -0.15) is 0 Å². The third-order valence-electron chi connectivity index (χ3n) is 5.35. The Hall–Kier alpha value is -3.04. The summed E-state index contributed by atoms with van der Waals surface area (Å²) in [6.07, 6.45) is 4.50. The number of guanidine groups is 1. The van der Waals surface area contributed by atoms with E-state index in [1.807, 2.05) is 0 Å². The van der Waals surface area contributed by atoms with Gasteiger partial charge >= 0.3 is 0 Å². The molecule has 0 spiro atoms. The molecule has 9 nitrogen and oxygen atoms in total. The summed E-state index contributed by atoms with van der Waals surface area (Å²) in [6, 6.07) is 4.73. The van der Waals surface area contributed by atoms with Crippen molar-refractivity contribution < 1.29 is 9.84 Å². The molecule has 0 saturated carbocycles. The van der Waals surface area contributed by atoms with Crippen molar-refractivity contribution in [3.05, 3.63) is 41.7 Å². The quantitative estimate of drug-likeness (QED) is 0.265. The second-order valence-electron chi connectivity index (χ2n) is 8.91. The molecule has 0 amide bonds. The Labute approximate surface area is 183 Å². The highest BCUT2D eigenvalue weighted by atomic mass is 16.5. The van der Waals surface area contributed by atoms with E-state index in [2.05, 4.69) is 43.3 Å². The number of phenolic OH excluding ortho intramolecular Hbond substituents is 1. The van der Waals surface area contributed by atoms with Gasteiger partial charge in [0, 0.05) is 47.9 Å². The fourth-order valence-corrected chi connectivity index (χ4v) is 4.30. The fourth-order valence-electron chi connectivity index (χ4n) is 4.30. The first-order valence-corrected chi connectivity index (χ1v) is 10.1. The monoisotopic (exact) mass is 429 g/mol. The van der Waals surface area contributed by atoms with Gasteiger partial charge in [0.1, 0.15) is 5.75 Å². The number of nitrogens with two attached hydrogens (primary N) is 3. The Balaban J connectivity index is 2.20. The second kappa shape index (κ2) is 9.40. The second-order valence-corrected chi connectivity index (χ2v) is 8.91. The highest BCUT2D eigenvalue weighted by Gasteiger charge is 2.46. The molecule has 31 heavy (non-hydrogen) atoms. The van der Waals surface area contributed by atoms with Gasteiger partial charge < -0.3 is 43.1 Å². The van der Waals surface area contributed by atoms with Crippen molar-refractivity contribution in [3.63, 3.8) is 0 Å². The maximum atomic E-state index is 10.3. The van der Waals surface area contributed by atoms with Crippen LogP contribution in [0.5, 0.6) is 5.75 Å². The molecule has 0 aromatic heterocycles. The maximum Gasteiger partial charge on any atom is 0.193 e. The van der Waals surface area contributed by atoms with Gasteiger partial charge in [-0.3, -0.25) is 0 Å². The number of aromatic hydroxyl groups is 1. The van der Waals surface area contributed by atoms with Gasteiger partial charge in [-0.1, -0.05) is 6.07 Å². The van der Waals surface area contributed by atoms with Crippen molar-refractivity contribution in [3.8, 4) is 5.75 Å². The van der Waals surface area contributed by atoms with Crippen LogP contribution in [0.1, 0.15) is 45.2 Å². The normalized spacial score (nSPS) is 24.0. The molecule has 0 bridgehead atoms. The summed E-state index contributed by atoms with van der Waals surface area (Å²) in [4.78, 5) is 4.64. The van der Waals surface area contributed by atoms with Gasteiger partial charge in [0.25, 0.3) is 0 Å². The number of hydrogen-bond donors (Lipinski definition) is 7. The van der Waals surface area contributed by atoms with Crippen LogP contribution < -0.4 is 27.8 Å². The molecule has 1 aliphatic rings. The molecule has 1 saturated heterocycles. The molecule has 9 heteroatoms. The van der Waals surface area contributed by atoms with E-state index in [0.717, 1.165) is 12.6 Å². The van der Waals surface area contributed by atoms with E-state index in [4.69, 9.17) is 27.3 Å². The third kappa shape index (κ3) is 5.77. The lowest BCUT2D eigenvalue weighted by atomic mass is 9.77. The summed E-state index contributed by atoms with van der Waals surface area (Å²) in [6.45, 7) is 8.42. The van der Waals surface area contributed by atoms with Gasteiger partial charge in [-0.15, -0.1) is 0 Å². The predicted octanol–water partition coefficient (Wildman–Crippen LogP) is 1.44. The minimum atomic E-state index is -0.277. The third-order valence-corrected chi connectivity index (χ3v) is 5.35. The van der Waals surface area contributed by atoms with Crippen LogP contribution in [-0.2, 0) is 4.74 Å². The van der Waals surface area contributed by atoms with E-state index < -0.39 is 0 Å². The van der Waals surface area contributed by atoms with Crippen molar-refractivity contribution in [2.75, 3.05) is 7.11 Å². The van der Waals surface area contributed by atoms with Gasteiger partial charge in [-0.25, -0.2) is 4.99 Å². The first-order valence-electron chi connectivity index (χ1n) is 10.1. The molecule has 0 radical (unpaired) electrons. The Morgan fingerprint density at radius 3 is 2.55 bits per heavy atom. The number of allylic oxidation sites excluding steroid dienone is 1. The average Bonchev–Trinajstić information content (AvgIpc) is 2.65. The van der Waals surface area contributed by atoms with E-state index in [0.29, 0.717) is 16.7 Å². The number of aliphatic imine (C=N–C) groups is 1. The number of hydrogen-bond acceptors (Lipinski definition) is 7.